The Hall–Kier alpha value is -2.00. The van der Waals surface area contributed by atoms with Gasteiger partial charge in [0.1, 0.15) is 12.6 Å². The smallest absolute Gasteiger partial charge is 0.244 e. The molecule has 0 spiro atoms. The second-order valence-corrected chi connectivity index (χ2v) is 11.4. The summed E-state index contributed by atoms with van der Waals surface area (Å²) in [7, 11) is -3.87. The van der Waals surface area contributed by atoms with Crippen LogP contribution in [-0.4, -0.2) is 50.0 Å². The zero-order valence-corrected chi connectivity index (χ0v) is 23.2. The highest BCUT2D eigenvalue weighted by molar-refractivity contribution is 7.92. The van der Waals surface area contributed by atoms with E-state index in [0.29, 0.717) is 28.5 Å². The van der Waals surface area contributed by atoms with Crippen LogP contribution in [0.2, 0.25) is 15.1 Å². The third-order valence-electron chi connectivity index (χ3n) is 5.54. The molecule has 2 aromatic rings. The molecule has 0 aliphatic rings. The molecule has 0 aromatic heterocycles. The van der Waals surface area contributed by atoms with Crippen molar-refractivity contribution in [2.45, 2.75) is 52.2 Å². The molecule has 0 aliphatic heterocycles. The van der Waals surface area contributed by atoms with E-state index < -0.39 is 28.5 Å². The van der Waals surface area contributed by atoms with E-state index in [1.54, 1.807) is 43.3 Å². The third kappa shape index (κ3) is 8.00. The molecular weight excluding hydrogens is 533 g/mol. The van der Waals surface area contributed by atoms with Crippen LogP contribution in [0.25, 0.3) is 0 Å². The molecule has 0 saturated heterocycles. The van der Waals surface area contributed by atoms with Crippen molar-refractivity contribution in [3.8, 4) is 0 Å². The summed E-state index contributed by atoms with van der Waals surface area (Å²) in [4.78, 5) is 28.1. The van der Waals surface area contributed by atoms with Crippen LogP contribution in [0.4, 0.5) is 5.69 Å². The van der Waals surface area contributed by atoms with Gasteiger partial charge in [0.15, 0.2) is 0 Å². The Kier molecular flexibility index (Phi) is 10.7. The molecule has 0 radical (unpaired) electrons. The molecule has 11 heteroatoms. The van der Waals surface area contributed by atoms with E-state index in [-0.39, 0.29) is 29.2 Å². The van der Waals surface area contributed by atoms with E-state index in [0.717, 1.165) is 10.6 Å². The summed E-state index contributed by atoms with van der Waals surface area (Å²) in [6.07, 6.45) is 2.02. The Labute approximate surface area is 222 Å². The van der Waals surface area contributed by atoms with Gasteiger partial charge in [0.2, 0.25) is 21.8 Å². The maximum atomic E-state index is 13.7. The number of anilines is 1. The molecule has 0 saturated carbocycles. The number of amides is 2. The summed E-state index contributed by atoms with van der Waals surface area (Å²) in [5.74, 6) is -0.906. The number of carbonyl (C=O) groups excluding carboxylic acids is 2. The van der Waals surface area contributed by atoms with Gasteiger partial charge in [-0.15, -0.1) is 0 Å². The van der Waals surface area contributed by atoms with E-state index in [9.17, 15) is 18.0 Å². The zero-order chi connectivity index (χ0) is 26.3. The van der Waals surface area contributed by atoms with Crippen molar-refractivity contribution >= 4 is 62.3 Å². The molecule has 2 atom stereocenters. The summed E-state index contributed by atoms with van der Waals surface area (Å²) in [5, 5.41) is 3.85. The number of hydrogen-bond donors (Lipinski definition) is 1. The van der Waals surface area contributed by atoms with Crippen molar-refractivity contribution < 1.29 is 18.0 Å². The minimum absolute atomic E-state index is 0.0125. The van der Waals surface area contributed by atoms with Crippen LogP contribution >= 0.6 is 34.8 Å². The van der Waals surface area contributed by atoms with Gasteiger partial charge in [-0.05, 0) is 49.6 Å². The third-order valence-corrected chi connectivity index (χ3v) is 7.58. The van der Waals surface area contributed by atoms with Crippen LogP contribution in [0.5, 0.6) is 0 Å². The van der Waals surface area contributed by atoms with Crippen molar-refractivity contribution in [1.82, 2.24) is 10.2 Å². The normalized spacial score (nSPS) is 13.1. The average molecular weight is 563 g/mol. The first kappa shape index (κ1) is 29.2. The summed E-state index contributed by atoms with van der Waals surface area (Å²) in [6.45, 7) is 5.04. The van der Waals surface area contributed by atoms with Gasteiger partial charge in [-0.2, -0.15) is 0 Å². The number of para-hydroxylation sites is 1. The lowest BCUT2D eigenvalue weighted by Gasteiger charge is -2.33. The zero-order valence-electron chi connectivity index (χ0n) is 20.1. The first-order chi connectivity index (χ1) is 16.4. The Balaban J connectivity index is 2.49. The second-order valence-electron chi connectivity index (χ2n) is 8.22. The lowest BCUT2D eigenvalue weighted by molar-refractivity contribution is -0.140. The molecule has 0 bridgehead atoms. The number of nitrogens with one attached hydrogen (secondary N) is 1. The van der Waals surface area contributed by atoms with Crippen molar-refractivity contribution in [3.05, 3.63) is 63.1 Å². The lowest BCUT2D eigenvalue weighted by atomic mass is 10.1. The Morgan fingerprint density at radius 1 is 1.00 bits per heavy atom. The van der Waals surface area contributed by atoms with Gasteiger partial charge in [0.05, 0.1) is 17.0 Å². The predicted molar refractivity (Wildman–Crippen MR) is 143 cm³/mol. The summed E-state index contributed by atoms with van der Waals surface area (Å²) in [6, 6.07) is 10.3. The molecule has 35 heavy (non-hydrogen) atoms. The van der Waals surface area contributed by atoms with Gasteiger partial charge >= 0.3 is 0 Å². The number of carbonyl (C=O) groups is 2. The van der Waals surface area contributed by atoms with Crippen molar-refractivity contribution in [3.63, 3.8) is 0 Å². The highest BCUT2D eigenvalue weighted by Crippen LogP contribution is 2.28. The number of benzene rings is 2. The van der Waals surface area contributed by atoms with E-state index in [4.69, 9.17) is 34.8 Å². The van der Waals surface area contributed by atoms with E-state index in [2.05, 4.69) is 5.32 Å². The highest BCUT2D eigenvalue weighted by Gasteiger charge is 2.33. The van der Waals surface area contributed by atoms with Crippen LogP contribution in [0.3, 0.4) is 0 Å². The lowest BCUT2D eigenvalue weighted by Crippen LogP contribution is -2.53. The fourth-order valence-corrected chi connectivity index (χ4v) is 5.06. The number of rotatable bonds is 11. The van der Waals surface area contributed by atoms with E-state index >= 15 is 0 Å². The molecule has 0 aliphatic carbocycles. The molecular formula is C24H30Cl3N3O4S. The predicted octanol–water partition coefficient (Wildman–Crippen LogP) is 5.13. The molecule has 7 nitrogen and oxygen atoms in total. The second kappa shape index (κ2) is 12.8. The topological polar surface area (TPSA) is 86.8 Å². The van der Waals surface area contributed by atoms with Crippen LogP contribution in [0.15, 0.2) is 42.5 Å². The maximum Gasteiger partial charge on any atom is 0.244 e. The molecule has 2 amide bonds. The van der Waals surface area contributed by atoms with E-state index in [1.165, 1.54) is 11.0 Å². The van der Waals surface area contributed by atoms with E-state index in [1.807, 2.05) is 13.8 Å². The quantitative estimate of drug-likeness (QED) is 0.411. The van der Waals surface area contributed by atoms with Crippen molar-refractivity contribution in [2.75, 3.05) is 17.1 Å². The Morgan fingerprint density at radius 2 is 1.66 bits per heavy atom. The van der Waals surface area contributed by atoms with Crippen molar-refractivity contribution in [1.29, 1.82) is 0 Å². The van der Waals surface area contributed by atoms with Crippen LogP contribution < -0.4 is 9.62 Å². The molecule has 2 rings (SSSR count). The summed E-state index contributed by atoms with van der Waals surface area (Å²) < 4.78 is 26.2. The number of sulfonamides is 1. The number of halogens is 3. The standard InChI is InChI=1S/C24H30Cl3N3O4S/c1-5-16(3)28-24(32)21(6-2)29(14-17-11-12-18(25)13-20(17)27)23(31)15-30(35(4,33)34)22-10-8-7-9-19(22)26/h7-13,16,21H,5-6,14-15H2,1-4H3,(H,28,32)/t16-,21+/m1/s1. The van der Waals surface area contributed by atoms with Crippen molar-refractivity contribution in [2.24, 2.45) is 0 Å². The maximum absolute atomic E-state index is 13.7. The fraction of sp³-hybridized carbons (Fsp3) is 0.417. The SMILES string of the molecule is CC[C@@H](C)NC(=O)[C@H](CC)N(Cc1ccc(Cl)cc1Cl)C(=O)CN(c1ccccc1Cl)S(C)(=O)=O. The average Bonchev–Trinajstić information content (AvgIpc) is 2.78. The number of nitrogens with zero attached hydrogens (tertiary/aromatic N) is 2. The van der Waals surface area contributed by atoms with Gasteiger partial charge < -0.3 is 10.2 Å². The Morgan fingerprint density at radius 3 is 2.20 bits per heavy atom. The molecule has 0 heterocycles. The minimum Gasteiger partial charge on any atom is -0.352 e. The highest BCUT2D eigenvalue weighted by atomic mass is 35.5. The first-order valence-electron chi connectivity index (χ1n) is 11.1. The van der Waals surface area contributed by atoms with Crippen LogP contribution in [0.1, 0.15) is 39.2 Å². The molecule has 192 valence electrons. The Bertz CT molecular complexity index is 1160. The summed E-state index contributed by atoms with van der Waals surface area (Å²) in [5.41, 5.74) is 0.745. The van der Waals surface area contributed by atoms with Crippen LogP contribution in [0, 0.1) is 0 Å². The molecule has 1 N–H and O–H groups in total. The van der Waals surface area contributed by atoms with Gasteiger partial charge in [-0.3, -0.25) is 13.9 Å². The van der Waals surface area contributed by atoms with Crippen LogP contribution in [-0.2, 0) is 26.2 Å². The van der Waals surface area contributed by atoms with Gasteiger partial charge in [-0.1, -0.05) is 66.8 Å². The minimum atomic E-state index is -3.87. The molecule has 0 fully saturated rings. The first-order valence-corrected chi connectivity index (χ1v) is 14.1. The summed E-state index contributed by atoms with van der Waals surface area (Å²) >= 11 is 18.6. The monoisotopic (exact) mass is 561 g/mol. The largest absolute Gasteiger partial charge is 0.352 e. The molecule has 0 unspecified atom stereocenters. The fourth-order valence-electron chi connectivity index (χ4n) is 3.44. The van der Waals surface area contributed by atoms with Gasteiger partial charge in [0, 0.05) is 22.6 Å². The molecule has 2 aromatic carbocycles. The number of hydrogen-bond acceptors (Lipinski definition) is 4. The van der Waals surface area contributed by atoms with Gasteiger partial charge in [-0.25, -0.2) is 8.42 Å². The van der Waals surface area contributed by atoms with Gasteiger partial charge in [0.25, 0.3) is 0 Å².